The Hall–Kier alpha value is -4.70. The van der Waals surface area contributed by atoms with Gasteiger partial charge in [-0.25, -0.2) is 9.36 Å². The standard InChI is InChI=1S/C29H26N4O5S/c1-18-5-10-23(19(2)14-18)31-26(35)17-32-24-11-13-39-27(24)28(36)33(29(32)37)21-8-6-20(7-9-21)15-25(34)30-16-22-4-3-12-38-22/h3-14H,15-17H2,1-2H3,(H,30,34)(H,31,35). The summed E-state index contributed by atoms with van der Waals surface area (Å²) in [4.78, 5) is 52.1. The molecule has 0 atom stereocenters. The minimum Gasteiger partial charge on any atom is -0.467 e. The van der Waals surface area contributed by atoms with E-state index >= 15 is 0 Å². The summed E-state index contributed by atoms with van der Waals surface area (Å²) in [6, 6.07) is 17.5. The second-order valence-electron chi connectivity index (χ2n) is 9.21. The molecule has 5 aromatic rings. The number of nitrogens with one attached hydrogen (secondary N) is 2. The lowest BCUT2D eigenvalue weighted by atomic mass is 10.1. The van der Waals surface area contributed by atoms with Crippen LogP contribution >= 0.6 is 11.3 Å². The van der Waals surface area contributed by atoms with Gasteiger partial charge in [0.1, 0.15) is 17.0 Å². The lowest BCUT2D eigenvalue weighted by molar-refractivity contribution is -0.120. The molecule has 198 valence electrons. The summed E-state index contributed by atoms with van der Waals surface area (Å²) in [6.45, 7) is 3.90. The number of aryl methyl sites for hydroxylation is 2. The van der Waals surface area contributed by atoms with Crippen LogP contribution in [-0.4, -0.2) is 20.9 Å². The first-order valence-electron chi connectivity index (χ1n) is 12.3. The van der Waals surface area contributed by atoms with Crippen molar-refractivity contribution >= 4 is 39.1 Å². The zero-order chi connectivity index (χ0) is 27.5. The van der Waals surface area contributed by atoms with Gasteiger partial charge in [-0.2, -0.15) is 0 Å². The van der Waals surface area contributed by atoms with Crippen LogP contribution in [-0.2, 0) is 29.1 Å². The molecule has 5 rings (SSSR count). The van der Waals surface area contributed by atoms with E-state index in [2.05, 4.69) is 10.6 Å². The maximum Gasteiger partial charge on any atom is 0.336 e. The van der Waals surface area contributed by atoms with Crippen LogP contribution in [0.15, 0.2) is 86.3 Å². The Balaban J connectivity index is 1.39. The third-order valence-corrected chi connectivity index (χ3v) is 7.20. The number of anilines is 1. The maximum absolute atomic E-state index is 13.5. The molecule has 2 amide bonds. The van der Waals surface area contributed by atoms with E-state index in [0.717, 1.165) is 15.7 Å². The number of hydrogen-bond acceptors (Lipinski definition) is 6. The maximum atomic E-state index is 13.5. The quantitative estimate of drug-likeness (QED) is 0.308. The zero-order valence-electron chi connectivity index (χ0n) is 21.4. The largest absolute Gasteiger partial charge is 0.467 e. The van der Waals surface area contributed by atoms with Gasteiger partial charge in [0.25, 0.3) is 5.56 Å². The highest BCUT2D eigenvalue weighted by Gasteiger charge is 2.18. The number of carbonyl (C=O) groups excluding carboxylic acids is 2. The van der Waals surface area contributed by atoms with Gasteiger partial charge in [0, 0.05) is 5.69 Å². The van der Waals surface area contributed by atoms with Crippen LogP contribution in [0.2, 0.25) is 0 Å². The Labute approximate surface area is 227 Å². The summed E-state index contributed by atoms with van der Waals surface area (Å²) in [5, 5.41) is 7.37. The fourth-order valence-corrected chi connectivity index (χ4v) is 5.19. The number of nitrogens with zero attached hydrogens (tertiary/aromatic N) is 2. The molecule has 2 aromatic carbocycles. The van der Waals surface area contributed by atoms with Gasteiger partial charge in [-0.05, 0) is 66.8 Å². The van der Waals surface area contributed by atoms with Gasteiger partial charge in [-0.3, -0.25) is 19.0 Å². The van der Waals surface area contributed by atoms with Gasteiger partial charge >= 0.3 is 5.69 Å². The molecule has 0 spiro atoms. The third-order valence-electron chi connectivity index (χ3n) is 6.31. The predicted octanol–water partition coefficient (Wildman–Crippen LogP) is 3.92. The molecule has 0 aliphatic rings. The van der Waals surface area contributed by atoms with Gasteiger partial charge in [0.15, 0.2) is 0 Å². The first kappa shape index (κ1) is 25.9. The summed E-state index contributed by atoms with van der Waals surface area (Å²) in [7, 11) is 0. The Kier molecular flexibility index (Phi) is 7.29. The molecule has 2 N–H and O–H groups in total. The van der Waals surface area contributed by atoms with E-state index in [1.807, 2.05) is 32.0 Å². The first-order chi connectivity index (χ1) is 18.8. The molecule has 9 nitrogen and oxygen atoms in total. The van der Waals surface area contributed by atoms with Crippen LogP contribution in [0.1, 0.15) is 22.5 Å². The Morgan fingerprint density at radius 3 is 2.49 bits per heavy atom. The normalized spacial score (nSPS) is 11.0. The highest BCUT2D eigenvalue weighted by atomic mass is 32.1. The third kappa shape index (κ3) is 5.60. The fraction of sp³-hybridized carbons (Fsp3) is 0.172. The minimum absolute atomic E-state index is 0.128. The van der Waals surface area contributed by atoms with Gasteiger partial charge in [0.05, 0.1) is 30.4 Å². The second kappa shape index (κ2) is 11.0. The smallest absolute Gasteiger partial charge is 0.336 e. The summed E-state index contributed by atoms with van der Waals surface area (Å²) in [5.41, 5.74) is 3.05. The van der Waals surface area contributed by atoms with Crippen LogP contribution in [0.5, 0.6) is 0 Å². The fourth-order valence-electron chi connectivity index (χ4n) is 4.36. The summed E-state index contributed by atoms with van der Waals surface area (Å²) in [5.74, 6) is 0.0900. The van der Waals surface area contributed by atoms with Gasteiger partial charge in [-0.1, -0.05) is 29.8 Å². The molecule has 0 aliphatic heterocycles. The number of benzene rings is 2. The highest BCUT2D eigenvalue weighted by Crippen LogP contribution is 2.19. The van der Waals surface area contributed by atoms with E-state index in [-0.39, 0.29) is 31.3 Å². The minimum atomic E-state index is -0.620. The van der Waals surface area contributed by atoms with Crippen LogP contribution in [0, 0.1) is 13.8 Å². The summed E-state index contributed by atoms with van der Waals surface area (Å²) >= 11 is 1.21. The number of thiophene rings is 1. The molecule has 3 heterocycles. The molecular formula is C29H26N4O5S. The number of rotatable bonds is 8. The van der Waals surface area contributed by atoms with Crippen LogP contribution in [0.25, 0.3) is 15.9 Å². The number of aromatic nitrogens is 2. The van der Waals surface area contributed by atoms with Crippen LogP contribution < -0.4 is 21.9 Å². The lowest BCUT2D eigenvalue weighted by Gasteiger charge is -2.14. The van der Waals surface area contributed by atoms with Gasteiger partial charge in [-0.15, -0.1) is 11.3 Å². The molecule has 0 aliphatic carbocycles. The van der Waals surface area contributed by atoms with Crippen molar-refractivity contribution in [1.82, 2.24) is 14.5 Å². The van der Waals surface area contributed by atoms with Crippen molar-refractivity contribution in [1.29, 1.82) is 0 Å². The second-order valence-corrected chi connectivity index (χ2v) is 10.1. The molecule has 0 fully saturated rings. The van der Waals surface area contributed by atoms with Crippen molar-refractivity contribution in [2.75, 3.05) is 5.32 Å². The van der Waals surface area contributed by atoms with Gasteiger partial charge in [0.2, 0.25) is 11.8 Å². The lowest BCUT2D eigenvalue weighted by Crippen LogP contribution is -2.40. The van der Waals surface area contributed by atoms with E-state index in [4.69, 9.17) is 4.42 Å². The Morgan fingerprint density at radius 1 is 0.974 bits per heavy atom. The van der Waals surface area contributed by atoms with Crippen molar-refractivity contribution in [3.05, 3.63) is 116 Å². The number of carbonyl (C=O) groups is 2. The molecule has 0 saturated carbocycles. The molecule has 3 aromatic heterocycles. The van der Waals surface area contributed by atoms with Crippen molar-refractivity contribution in [3.63, 3.8) is 0 Å². The van der Waals surface area contributed by atoms with E-state index in [1.54, 1.807) is 54.1 Å². The Bertz CT molecular complexity index is 1780. The SMILES string of the molecule is Cc1ccc(NC(=O)Cn2c(=O)n(-c3ccc(CC(=O)NCc4ccco4)cc3)c(=O)c3sccc32)c(C)c1. The number of furan rings is 1. The number of fused-ring (bicyclic) bond motifs is 1. The molecule has 0 bridgehead atoms. The average molecular weight is 543 g/mol. The van der Waals surface area contributed by atoms with Crippen molar-refractivity contribution < 1.29 is 14.0 Å². The van der Waals surface area contributed by atoms with Gasteiger partial charge < -0.3 is 15.1 Å². The molecule has 10 heteroatoms. The average Bonchev–Trinajstić information content (AvgIpc) is 3.61. The van der Waals surface area contributed by atoms with E-state index < -0.39 is 11.2 Å². The molecular weight excluding hydrogens is 516 g/mol. The first-order valence-corrected chi connectivity index (χ1v) is 13.2. The summed E-state index contributed by atoms with van der Waals surface area (Å²) in [6.07, 6.45) is 1.67. The van der Waals surface area contributed by atoms with E-state index in [1.165, 1.54) is 15.9 Å². The van der Waals surface area contributed by atoms with Crippen molar-refractivity contribution in [2.45, 2.75) is 33.4 Å². The van der Waals surface area contributed by atoms with E-state index in [9.17, 15) is 19.2 Å². The van der Waals surface area contributed by atoms with Crippen LogP contribution in [0.4, 0.5) is 5.69 Å². The van der Waals surface area contributed by atoms with E-state index in [0.29, 0.717) is 32.9 Å². The number of hydrogen-bond donors (Lipinski definition) is 2. The summed E-state index contributed by atoms with van der Waals surface area (Å²) < 4.78 is 7.95. The molecule has 0 saturated heterocycles. The molecule has 0 radical (unpaired) electrons. The zero-order valence-corrected chi connectivity index (χ0v) is 22.2. The topological polar surface area (TPSA) is 115 Å². The molecule has 39 heavy (non-hydrogen) atoms. The number of amides is 2. The molecule has 0 unspecified atom stereocenters. The predicted molar refractivity (Wildman–Crippen MR) is 150 cm³/mol. The van der Waals surface area contributed by atoms with Crippen LogP contribution in [0.3, 0.4) is 0 Å². The van der Waals surface area contributed by atoms with Crippen molar-refractivity contribution in [3.8, 4) is 5.69 Å². The Morgan fingerprint density at radius 2 is 1.77 bits per heavy atom. The van der Waals surface area contributed by atoms with Crippen molar-refractivity contribution in [2.24, 2.45) is 0 Å². The monoisotopic (exact) mass is 542 g/mol. The highest BCUT2D eigenvalue weighted by molar-refractivity contribution is 7.17.